The zero-order chi connectivity index (χ0) is 36.4. The number of phenolic OH excluding ortho intramolecular Hbond substituents is 1. The van der Waals surface area contributed by atoms with E-state index in [1.165, 1.54) is 19.8 Å². The van der Waals surface area contributed by atoms with Crippen LogP contribution in [0.25, 0.3) is 0 Å². The number of carbonyl (C=O) groups excluding carboxylic acids is 2. The number of hydrogen-bond donors (Lipinski definition) is 4. The lowest BCUT2D eigenvalue weighted by Gasteiger charge is -2.60. The maximum absolute atomic E-state index is 13.6. The SMILES string of the molecule is CC[C@]12C=CCN3CC[C@]4(C(=C(C(=O)OC)C1)Nc1cc5c(cc14)[C@@H]1[C@H](O5)[C@@H](O)[C@@]4(CC)CC(C(=O)OC)=C5Nc6cc(O)ccc6[C@@]56CCN1C46)C32. The fourth-order valence-electron chi connectivity index (χ4n) is 13.6. The molecule has 2 aromatic rings. The third-order valence-electron chi connectivity index (χ3n) is 15.5. The Morgan fingerprint density at radius 1 is 0.906 bits per heavy atom. The number of nitrogens with zero attached hydrogens (tertiary/aromatic N) is 2. The number of nitrogens with one attached hydrogen (secondary N) is 2. The Morgan fingerprint density at radius 3 is 2.32 bits per heavy atom. The third-order valence-corrected chi connectivity index (χ3v) is 15.5. The zero-order valence-electron chi connectivity index (χ0n) is 30.6. The van der Waals surface area contributed by atoms with E-state index < -0.39 is 34.4 Å². The molecule has 2 spiro atoms. The molecular formula is C42H46N4O7. The lowest BCUT2D eigenvalue weighted by Crippen LogP contribution is -2.69. The summed E-state index contributed by atoms with van der Waals surface area (Å²) < 4.78 is 17.8. The molecule has 276 valence electrons. The van der Waals surface area contributed by atoms with Crippen molar-refractivity contribution in [1.82, 2.24) is 9.80 Å². The summed E-state index contributed by atoms with van der Waals surface area (Å²) >= 11 is 0. The molecule has 7 heterocycles. The van der Waals surface area contributed by atoms with Gasteiger partial charge in [0.2, 0.25) is 0 Å². The van der Waals surface area contributed by atoms with Crippen LogP contribution in [0.3, 0.4) is 0 Å². The van der Waals surface area contributed by atoms with Crippen LogP contribution in [0.2, 0.25) is 0 Å². The van der Waals surface area contributed by atoms with E-state index in [-0.39, 0.29) is 35.3 Å². The minimum absolute atomic E-state index is 0.147. The van der Waals surface area contributed by atoms with E-state index in [1.807, 2.05) is 6.07 Å². The molecule has 2 aliphatic carbocycles. The summed E-state index contributed by atoms with van der Waals surface area (Å²) in [5.41, 5.74) is 6.25. The van der Waals surface area contributed by atoms with Gasteiger partial charge in [-0.1, -0.05) is 32.1 Å². The molecule has 0 bridgehead atoms. The van der Waals surface area contributed by atoms with Gasteiger partial charge in [-0.25, -0.2) is 9.59 Å². The molecule has 0 amide bonds. The van der Waals surface area contributed by atoms with Crippen molar-refractivity contribution in [2.45, 2.75) is 93.5 Å². The van der Waals surface area contributed by atoms with Gasteiger partial charge in [0.05, 0.1) is 42.2 Å². The number of aromatic hydroxyl groups is 1. The molecule has 3 fully saturated rings. The Kier molecular flexibility index (Phi) is 6.22. The largest absolute Gasteiger partial charge is 0.508 e. The highest BCUT2D eigenvalue weighted by Crippen LogP contribution is 2.71. The standard InChI is InChI=1S/C42H46N4O7/c1-5-39-10-7-13-45-14-11-42(37(39)45)26-17-22-29(18-28(26)44-32(42)23(19-39)35(49)51-3)53-31-30(22)46-15-12-41-25-9-8-21(47)16-27(25)43-33(41)24(36(50)52-4)20-40(6-2,34(31)48)38(41)46/h7-10,16-18,30-31,34,37-38,43-44,47-48H,5-6,11-15,19-20H2,1-4H3/t30-,31+,34-,37?,38?,39+,40-,41+,42+/m1/s1. The second-order valence-electron chi connectivity index (χ2n) is 17.0. The molecule has 9 aliphatic rings. The second-order valence-corrected chi connectivity index (χ2v) is 17.0. The smallest absolute Gasteiger partial charge is 0.335 e. The van der Waals surface area contributed by atoms with Crippen LogP contribution in [0, 0.1) is 10.8 Å². The third kappa shape index (κ3) is 3.46. The number of aliphatic hydroxyl groups excluding tert-OH is 1. The first-order chi connectivity index (χ1) is 25.6. The number of esters is 2. The van der Waals surface area contributed by atoms with Gasteiger partial charge in [-0.15, -0.1) is 0 Å². The van der Waals surface area contributed by atoms with Crippen LogP contribution in [0.1, 0.15) is 75.1 Å². The van der Waals surface area contributed by atoms with Crippen LogP contribution >= 0.6 is 0 Å². The summed E-state index contributed by atoms with van der Waals surface area (Å²) in [6.07, 6.45) is 7.40. The first-order valence-electron chi connectivity index (χ1n) is 19.3. The number of phenols is 1. The molecule has 53 heavy (non-hydrogen) atoms. The molecule has 11 heteroatoms. The number of fused-ring (bicyclic) bond motifs is 6. The fraction of sp³-hybridized carbons (Fsp3) is 0.524. The van der Waals surface area contributed by atoms with E-state index in [4.69, 9.17) is 14.2 Å². The van der Waals surface area contributed by atoms with E-state index in [9.17, 15) is 19.8 Å². The molecule has 0 radical (unpaired) electrons. The topological polar surface area (TPSA) is 133 Å². The highest BCUT2D eigenvalue weighted by molar-refractivity contribution is 5.94. The van der Waals surface area contributed by atoms with Gasteiger partial charge in [-0.05, 0) is 61.8 Å². The van der Waals surface area contributed by atoms with Gasteiger partial charge in [0.15, 0.2) is 0 Å². The maximum atomic E-state index is 13.6. The van der Waals surface area contributed by atoms with Crippen molar-refractivity contribution in [3.63, 3.8) is 0 Å². The minimum atomic E-state index is -0.876. The first kappa shape index (κ1) is 32.1. The van der Waals surface area contributed by atoms with Gasteiger partial charge in [0, 0.05) is 83.0 Å². The summed E-state index contributed by atoms with van der Waals surface area (Å²) in [7, 11) is 2.89. The Bertz CT molecular complexity index is 2160. The van der Waals surface area contributed by atoms with Gasteiger partial charge >= 0.3 is 11.9 Å². The quantitative estimate of drug-likeness (QED) is 0.258. The van der Waals surface area contributed by atoms with E-state index in [0.717, 1.165) is 84.1 Å². The Balaban J connectivity index is 1.10. The van der Waals surface area contributed by atoms with Crippen LogP contribution in [-0.4, -0.2) is 90.1 Å². The second kappa shape index (κ2) is 10.2. The molecule has 9 atom stereocenters. The number of rotatable bonds is 4. The van der Waals surface area contributed by atoms with E-state index in [1.54, 1.807) is 12.1 Å². The van der Waals surface area contributed by atoms with Crippen molar-refractivity contribution in [2.75, 3.05) is 44.5 Å². The van der Waals surface area contributed by atoms with Gasteiger partial charge < -0.3 is 35.1 Å². The average molecular weight is 719 g/mol. The molecule has 7 aliphatic heterocycles. The zero-order valence-corrected chi connectivity index (χ0v) is 30.6. The maximum Gasteiger partial charge on any atom is 0.335 e. The van der Waals surface area contributed by atoms with E-state index in [2.05, 4.69) is 58.6 Å². The van der Waals surface area contributed by atoms with Crippen molar-refractivity contribution in [1.29, 1.82) is 0 Å². The summed E-state index contributed by atoms with van der Waals surface area (Å²) in [5, 5.41) is 30.7. The highest BCUT2D eigenvalue weighted by atomic mass is 16.5. The number of hydrogen-bond acceptors (Lipinski definition) is 11. The summed E-state index contributed by atoms with van der Waals surface area (Å²) in [6.45, 7) is 6.92. The normalized spacial score (nSPS) is 39.1. The Labute approximate surface area is 308 Å². The van der Waals surface area contributed by atoms with Crippen LogP contribution in [0.15, 0.2) is 65.0 Å². The lowest BCUT2D eigenvalue weighted by atomic mass is 9.51. The molecule has 2 aromatic carbocycles. The lowest BCUT2D eigenvalue weighted by molar-refractivity contribution is -0.168. The van der Waals surface area contributed by atoms with Gasteiger partial charge in [-0.3, -0.25) is 9.80 Å². The molecule has 2 unspecified atom stereocenters. The van der Waals surface area contributed by atoms with Gasteiger partial charge in [0.25, 0.3) is 0 Å². The molecule has 0 saturated carbocycles. The Hall–Kier alpha value is -4.32. The van der Waals surface area contributed by atoms with Crippen LogP contribution < -0.4 is 15.4 Å². The predicted octanol–water partition coefficient (Wildman–Crippen LogP) is 4.77. The molecular weight excluding hydrogens is 672 g/mol. The average Bonchev–Trinajstić information content (AvgIpc) is 3.99. The molecule has 11 nitrogen and oxygen atoms in total. The number of piperidine rings is 1. The number of benzene rings is 2. The van der Waals surface area contributed by atoms with Gasteiger partial charge in [0.1, 0.15) is 23.7 Å². The monoisotopic (exact) mass is 718 g/mol. The summed E-state index contributed by atoms with van der Waals surface area (Å²) in [5.74, 6) is 0.244. The van der Waals surface area contributed by atoms with Crippen molar-refractivity contribution < 1.29 is 34.0 Å². The first-order valence-corrected chi connectivity index (χ1v) is 19.3. The fourth-order valence-corrected chi connectivity index (χ4v) is 13.6. The van der Waals surface area contributed by atoms with Crippen molar-refractivity contribution in [2.24, 2.45) is 10.8 Å². The van der Waals surface area contributed by atoms with Crippen LogP contribution in [-0.2, 0) is 29.9 Å². The number of methoxy groups -OCH3 is 2. The summed E-state index contributed by atoms with van der Waals surface area (Å²) in [4.78, 5) is 32.4. The molecule has 4 N–H and O–H groups in total. The number of ether oxygens (including phenoxy) is 3. The molecule has 11 rings (SSSR count). The van der Waals surface area contributed by atoms with E-state index in [0.29, 0.717) is 24.8 Å². The highest BCUT2D eigenvalue weighted by Gasteiger charge is 2.74. The summed E-state index contributed by atoms with van der Waals surface area (Å²) in [6, 6.07) is 9.76. The van der Waals surface area contributed by atoms with Crippen molar-refractivity contribution in [3.05, 3.63) is 81.7 Å². The van der Waals surface area contributed by atoms with Crippen LogP contribution in [0.5, 0.6) is 11.5 Å². The Morgan fingerprint density at radius 2 is 1.60 bits per heavy atom. The van der Waals surface area contributed by atoms with Crippen molar-refractivity contribution >= 4 is 23.3 Å². The molecule has 3 saturated heterocycles. The van der Waals surface area contributed by atoms with Gasteiger partial charge in [-0.2, -0.15) is 0 Å². The minimum Gasteiger partial charge on any atom is -0.508 e. The molecule has 0 aromatic heterocycles. The van der Waals surface area contributed by atoms with E-state index >= 15 is 0 Å². The van der Waals surface area contributed by atoms with Crippen molar-refractivity contribution in [3.8, 4) is 11.5 Å². The number of aliphatic hydroxyl groups is 1. The predicted molar refractivity (Wildman–Crippen MR) is 195 cm³/mol. The number of anilines is 2. The van der Waals surface area contributed by atoms with Crippen LogP contribution in [0.4, 0.5) is 11.4 Å². The number of carbonyl (C=O) groups is 2.